The highest BCUT2D eigenvalue weighted by Gasteiger charge is 2.26. The van der Waals surface area contributed by atoms with Crippen LogP contribution in [0.5, 0.6) is 0 Å². The van der Waals surface area contributed by atoms with Crippen molar-refractivity contribution in [2.45, 2.75) is 44.9 Å². The molecule has 1 aromatic carbocycles. The number of nitrogens with one attached hydrogen (secondary N) is 1. The standard InChI is InChI=1S/C18H25ClN2O2S/c1-4-17(22)20-24-16-6-5-14(11-15(16)19)21-9-7-13(8-10-21)18(23)12(2)3/h5-6,11-13H,4,7-10H2,1-3H3,(H,20,22). The zero-order valence-electron chi connectivity index (χ0n) is 14.5. The second-order valence-corrected chi connectivity index (χ2v) is 7.67. The summed E-state index contributed by atoms with van der Waals surface area (Å²) in [6.45, 7) is 7.51. The Labute approximate surface area is 153 Å². The molecular formula is C18H25ClN2O2S. The van der Waals surface area contributed by atoms with E-state index in [0.717, 1.165) is 36.5 Å². The third-order valence-corrected chi connectivity index (χ3v) is 5.67. The van der Waals surface area contributed by atoms with Crippen LogP contribution in [0.3, 0.4) is 0 Å². The maximum absolute atomic E-state index is 12.1. The Bertz CT molecular complexity index is 599. The van der Waals surface area contributed by atoms with Gasteiger partial charge in [-0.05, 0) is 43.0 Å². The Morgan fingerprint density at radius 3 is 2.54 bits per heavy atom. The van der Waals surface area contributed by atoms with Crippen molar-refractivity contribution in [2.24, 2.45) is 11.8 Å². The highest BCUT2D eigenvalue weighted by atomic mass is 35.5. The molecular weight excluding hydrogens is 344 g/mol. The number of piperidine rings is 1. The summed E-state index contributed by atoms with van der Waals surface area (Å²) in [5, 5.41) is 0.634. The number of carbonyl (C=O) groups excluding carboxylic acids is 2. The topological polar surface area (TPSA) is 49.4 Å². The van der Waals surface area contributed by atoms with Crippen LogP contribution in [0.25, 0.3) is 0 Å². The maximum Gasteiger partial charge on any atom is 0.229 e. The Kier molecular flexibility index (Phi) is 6.99. The van der Waals surface area contributed by atoms with E-state index in [4.69, 9.17) is 11.6 Å². The number of hydrogen-bond acceptors (Lipinski definition) is 4. The molecule has 1 saturated heterocycles. The quantitative estimate of drug-likeness (QED) is 0.760. The van der Waals surface area contributed by atoms with Crippen LogP contribution in [0, 0.1) is 11.8 Å². The number of hydrogen-bond donors (Lipinski definition) is 1. The zero-order valence-corrected chi connectivity index (χ0v) is 16.0. The molecule has 0 radical (unpaired) electrons. The molecule has 0 atom stereocenters. The van der Waals surface area contributed by atoms with Crippen LogP contribution >= 0.6 is 23.5 Å². The number of rotatable bonds is 6. The minimum Gasteiger partial charge on any atom is -0.371 e. The van der Waals surface area contributed by atoms with Crippen molar-refractivity contribution >= 4 is 40.9 Å². The summed E-state index contributed by atoms with van der Waals surface area (Å²) in [7, 11) is 0. The number of amides is 1. The van der Waals surface area contributed by atoms with Crippen molar-refractivity contribution in [3.63, 3.8) is 0 Å². The summed E-state index contributed by atoms with van der Waals surface area (Å²) in [6.07, 6.45) is 2.25. The van der Waals surface area contributed by atoms with Crippen molar-refractivity contribution in [3.05, 3.63) is 23.2 Å². The monoisotopic (exact) mass is 368 g/mol. The molecule has 0 aliphatic carbocycles. The van der Waals surface area contributed by atoms with Gasteiger partial charge in [0.2, 0.25) is 5.91 Å². The first-order valence-corrected chi connectivity index (χ1v) is 9.65. The second-order valence-electron chi connectivity index (χ2n) is 6.41. The van der Waals surface area contributed by atoms with E-state index in [2.05, 4.69) is 9.62 Å². The average Bonchev–Trinajstić information content (AvgIpc) is 2.59. The zero-order chi connectivity index (χ0) is 17.7. The third-order valence-electron chi connectivity index (χ3n) is 4.34. The molecule has 1 N–H and O–H groups in total. The SMILES string of the molecule is CCC(=O)NSc1ccc(N2CCC(C(=O)C(C)C)CC2)cc1Cl. The highest BCUT2D eigenvalue weighted by molar-refractivity contribution is 7.98. The molecule has 1 fully saturated rings. The fraction of sp³-hybridized carbons (Fsp3) is 0.556. The van der Waals surface area contributed by atoms with Crippen LogP contribution in [0.2, 0.25) is 5.02 Å². The van der Waals surface area contributed by atoms with Crippen molar-refractivity contribution in [3.8, 4) is 0 Å². The first kappa shape index (κ1) is 19.1. The number of ketones is 1. The predicted octanol–water partition coefficient (Wildman–Crippen LogP) is 4.31. The lowest BCUT2D eigenvalue weighted by molar-refractivity contribution is -0.126. The summed E-state index contributed by atoms with van der Waals surface area (Å²) in [5.41, 5.74) is 1.07. The van der Waals surface area contributed by atoms with Crippen LogP contribution in [0.4, 0.5) is 5.69 Å². The first-order valence-electron chi connectivity index (χ1n) is 8.46. The lowest BCUT2D eigenvalue weighted by Crippen LogP contribution is -2.37. The Hall–Kier alpha value is -1.20. The number of anilines is 1. The summed E-state index contributed by atoms with van der Waals surface area (Å²) in [4.78, 5) is 26.6. The molecule has 1 aliphatic heterocycles. The minimum absolute atomic E-state index is 0.0166. The smallest absolute Gasteiger partial charge is 0.229 e. The van der Waals surface area contributed by atoms with Gasteiger partial charge in [-0.25, -0.2) is 0 Å². The lowest BCUT2D eigenvalue weighted by Gasteiger charge is -2.33. The van der Waals surface area contributed by atoms with E-state index in [1.807, 2.05) is 39.0 Å². The summed E-state index contributed by atoms with van der Waals surface area (Å²) in [6, 6.07) is 5.90. The molecule has 0 saturated carbocycles. The van der Waals surface area contributed by atoms with Gasteiger partial charge in [0.15, 0.2) is 0 Å². The van der Waals surface area contributed by atoms with Gasteiger partial charge in [-0.2, -0.15) is 0 Å². The van der Waals surface area contributed by atoms with Crippen molar-refractivity contribution in [1.82, 2.24) is 4.72 Å². The van der Waals surface area contributed by atoms with Crippen molar-refractivity contribution in [2.75, 3.05) is 18.0 Å². The van der Waals surface area contributed by atoms with Gasteiger partial charge in [-0.3, -0.25) is 14.3 Å². The van der Waals surface area contributed by atoms with Crippen molar-refractivity contribution < 1.29 is 9.59 Å². The number of carbonyl (C=O) groups is 2. The van der Waals surface area contributed by atoms with E-state index in [-0.39, 0.29) is 17.7 Å². The van der Waals surface area contributed by atoms with E-state index >= 15 is 0 Å². The molecule has 1 aliphatic rings. The van der Waals surface area contributed by atoms with Gasteiger partial charge in [0.25, 0.3) is 0 Å². The molecule has 0 unspecified atom stereocenters. The Morgan fingerprint density at radius 2 is 2.00 bits per heavy atom. The van der Waals surface area contributed by atoms with E-state index in [1.54, 1.807) is 0 Å². The summed E-state index contributed by atoms with van der Waals surface area (Å²) >= 11 is 7.59. The normalized spacial score (nSPS) is 15.6. The van der Waals surface area contributed by atoms with Gasteiger partial charge in [0, 0.05) is 41.9 Å². The van der Waals surface area contributed by atoms with Gasteiger partial charge >= 0.3 is 0 Å². The molecule has 0 aromatic heterocycles. The molecule has 1 aromatic rings. The van der Waals surface area contributed by atoms with Crippen LogP contribution in [-0.2, 0) is 9.59 Å². The Morgan fingerprint density at radius 1 is 1.33 bits per heavy atom. The van der Waals surface area contributed by atoms with Crippen LogP contribution in [0.1, 0.15) is 40.0 Å². The molecule has 0 bridgehead atoms. The van der Waals surface area contributed by atoms with E-state index in [9.17, 15) is 9.59 Å². The lowest BCUT2D eigenvalue weighted by atomic mass is 9.87. The molecule has 132 valence electrons. The molecule has 2 rings (SSSR count). The van der Waals surface area contributed by atoms with Crippen LogP contribution in [-0.4, -0.2) is 24.8 Å². The molecule has 24 heavy (non-hydrogen) atoms. The minimum atomic E-state index is -0.0166. The fourth-order valence-electron chi connectivity index (χ4n) is 2.85. The van der Waals surface area contributed by atoms with Gasteiger partial charge in [0.1, 0.15) is 5.78 Å². The largest absolute Gasteiger partial charge is 0.371 e. The molecule has 4 nitrogen and oxygen atoms in total. The number of Topliss-reactive ketones (excluding diaryl/α,β-unsaturated/α-hetero) is 1. The highest BCUT2D eigenvalue weighted by Crippen LogP contribution is 2.32. The van der Waals surface area contributed by atoms with Crippen LogP contribution in [0.15, 0.2) is 23.1 Å². The number of nitrogens with zero attached hydrogens (tertiary/aromatic N) is 1. The van der Waals surface area contributed by atoms with Gasteiger partial charge in [-0.1, -0.05) is 32.4 Å². The van der Waals surface area contributed by atoms with E-state index in [1.165, 1.54) is 11.9 Å². The average molecular weight is 369 g/mol. The third kappa shape index (κ3) is 4.90. The van der Waals surface area contributed by atoms with Gasteiger partial charge < -0.3 is 4.90 Å². The van der Waals surface area contributed by atoms with E-state index < -0.39 is 0 Å². The van der Waals surface area contributed by atoms with Gasteiger partial charge in [-0.15, -0.1) is 0 Å². The van der Waals surface area contributed by atoms with E-state index in [0.29, 0.717) is 17.2 Å². The summed E-state index contributed by atoms with van der Waals surface area (Å²) < 4.78 is 2.76. The predicted molar refractivity (Wildman–Crippen MR) is 101 cm³/mol. The van der Waals surface area contributed by atoms with Crippen molar-refractivity contribution in [1.29, 1.82) is 0 Å². The molecule has 1 amide bonds. The number of benzene rings is 1. The Balaban J connectivity index is 1.95. The first-order chi connectivity index (χ1) is 11.4. The molecule has 1 heterocycles. The summed E-state index contributed by atoms with van der Waals surface area (Å²) in [5.74, 6) is 0.671. The fourth-order valence-corrected chi connectivity index (χ4v) is 3.80. The second kappa shape index (κ2) is 8.77. The molecule has 0 spiro atoms. The number of halogens is 1. The van der Waals surface area contributed by atoms with Gasteiger partial charge in [0.05, 0.1) is 5.02 Å². The molecule has 6 heteroatoms. The maximum atomic E-state index is 12.1. The van der Waals surface area contributed by atoms with Crippen LogP contribution < -0.4 is 9.62 Å².